The third-order valence-corrected chi connectivity index (χ3v) is 5.15. The summed E-state index contributed by atoms with van der Waals surface area (Å²) in [5, 5.41) is 7.91. The molecule has 0 bridgehead atoms. The minimum Gasteiger partial charge on any atom is -0.469 e. The van der Waals surface area contributed by atoms with Crippen molar-refractivity contribution in [2.75, 3.05) is 18.6 Å². The van der Waals surface area contributed by atoms with Crippen molar-refractivity contribution >= 4 is 47.3 Å². The molecule has 26 heavy (non-hydrogen) atoms. The lowest BCUT2D eigenvalue weighted by molar-refractivity contribution is -0.140. The smallest absolute Gasteiger partial charge is 0.306 e. The van der Waals surface area contributed by atoms with Gasteiger partial charge in [0.15, 0.2) is 5.78 Å². The fraction of sp³-hybridized carbons (Fsp3) is 0.316. The average Bonchev–Trinajstić information content (AvgIpc) is 2.65. The van der Waals surface area contributed by atoms with Crippen LogP contribution < -0.4 is 5.73 Å². The Kier molecular flexibility index (Phi) is 8.61. The van der Waals surface area contributed by atoms with Crippen molar-refractivity contribution < 1.29 is 14.3 Å². The number of hydrogen-bond donors (Lipinski definition) is 2. The Morgan fingerprint density at radius 1 is 1.31 bits per heavy atom. The molecule has 1 aromatic rings. The molecule has 0 spiro atoms. The van der Waals surface area contributed by atoms with Crippen LogP contribution in [0.3, 0.4) is 0 Å². The van der Waals surface area contributed by atoms with Crippen molar-refractivity contribution in [2.24, 2.45) is 11.1 Å². The predicted molar refractivity (Wildman–Crippen MR) is 109 cm³/mol. The van der Waals surface area contributed by atoms with Crippen molar-refractivity contribution in [1.82, 2.24) is 0 Å². The molecule has 1 atom stereocenters. The van der Waals surface area contributed by atoms with Crippen LogP contribution in [0.1, 0.15) is 18.4 Å². The minimum atomic E-state index is -1.09. The molecule has 2 rings (SSSR count). The lowest BCUT2D eigenvalue weighted by Gasteiger charge is -2.29. The van der Waals surface area contributed by atoms with E-state index in [1.54, 1.807) is 6.08 Å². The van der Waals surface area contributed by atoms with E-state index in [0.717, 1.165) is 11.1 Å². The monoisotopic (exact) mass is 394 g/mol. The Hall–Kier alpha value is -2.05. The first kappa shape index (κ1) is 22.0. The number of allylic oxidation sites excluding steroid dienone is 3. The van der Waals surface area contributed by atoms with Gasteiger partial charge < -0.3 is 10.5 Å². The standard InChI is InChI=1S/C19H22N2O3S.ClH/c1-24-17(23)9-12-25-13-16(22)19(18(20)21)10-7-15(8-11-19)14-5-3-2-4-6-14;/h2-8,10H,9,11-13H2,1H3,(H3,20,21);1H. The van der Waals surface area contributed by atoms with Crippen LogP contribution in [-0.2, 0) is 14.3 Å². The first-order chi connectivity index (χ1) is 12.0. The molecule has 1 aromatic carbocycles. The molecule has 0 saturated carbocycles. The van der Waals surface area contributed by atoms with Gasteiger partial charge >= 0.3 is 5.97 Å². The van der Waals surface area contributed by atoms with Gasteiger partial charge in [-0.2, -0.15) is 11.8 Å². The number of halogens is 1. The molecule has 0 radical (unpaired) electrons. The number of methoxy groups -OCH3 is 1. The van der Waals surface area contributed by atoms with Crippen LogP contribution in [0, 0.1) is 10.8 Å². The number of hydrogen-bond acceptors (Lipinski definition) is 5. The number of rotatable bonds is 8. The summed E-state index contributed by atoms with van der Waals surface area (Å²) >= 11 is 1.35. The maximum absolute atomic E-state index is 12.7. The van der Waals surface area contributed by atoms with E-state index in [4.69, 9.17) is 11.1 Å². The van der Waals surface area contributed by atoms with Crippen molar-refractivity contribution in [3.05, 3.63) is 54.1 Å². The zero-order valence-electron chi connectivity index (χ0n) is 14.6. The predicted octanol–water partition coefficient (Wildman–Crippen LogP) is 3.24. The Balaban J connectivity index is 0.00000338. The zero-order chi connectivity index (χ0) is 18.3. The van der Waals surface area contributed by atoms with E-state index in [-0.39, 0.29) is 42.2 Å². The van der Waals surface area contributed by atoms with Gasteiger partial charge in [-0.25, -0.2) is 0 Å². The van der Waals surface area contributed by atoms with Gasteiger partial charge in [-0.05, 0) is 17.6 Å². The number of esters is 1. The fourth-order valence-electron chi connectivity index (χ4n) is 2.59. The van der Waals surface area contributed by atoms with Crippen molar-refractivity contribution in [1.29, 1.82) is 5.41 Å². The second-order valence-corrected chi connectivity index (χ2v) is 6.86. The molecular formula is C19H23ClN2O3S. The number of amidine groups is 1. The van der Waals surface area contributed by atoms with Gasteiger partial charge in [-0.15, -0.1) is 12.4 Å². The first-order valence-electron chi connectivity index (χ1n) is 7.97. The highest BCUT2D eigenvalue weighted by atomic mass is 35.5. The van der Waals surface area contributed by atoms with Crippen LogP contribution in [0.25, 0.3) is 5.57 Å². The number of carbonyl (C=O) groups excluding carboxylic acids is 2. The number of Topliss-reactive ketones (excluding diaryl/α,β-unsaturated/α-hetero) is 1. The van der Waals surface area contributed by atoms with Gasteiger partial charge in [0.25, 0.3) is 0 Å². The van der Waals surface area contributed by atoms with Crippen LogP contribution in [-0.4, -0.2) is 36.2 Å². The van der Waals surface area contributed by atoms with Gasteiger partial charge in [0, 0.05) is 5.75 Å². The maximum Gasteiger partial charge on any atom is 0.306 e. The summed E-state index contributed by atoms with van der Waals surface area (Å²) < 4.78 is 4.58. The third-order valence-electron chi connectivity index (χ3n) is 4.19. The van der Waals surface area contributed by atoms with Crippen LogP contribution in [0.4, 0.5) is 0 Å². The van der Waals surface area contributed by atoms with Crippen LogP contribution in [0.2, 0.25) is 0 Å². The van der Waals surface area contributed by atoms with E-state index >= 15 is 0 Å². The number of thioether (sulfide) groups is 1. The zero-order valence-corrected chi connectivity index (χ0v) is 16.2. The highest BCUT2D eigenvalue weighted by Gasteiger charge is 2.39. The molecule has 0 aromatic heterocycles. The second kappa shape index (κ2) is 10.2. The van der Waals surface area contributed by atoms with Gasteiger partial charge in [-0.1, -0.05) is 48.6 Å². The largest absolute Gasteiger partial charge is 0.469 e. The molecular weight excluding hydrogens is 372 g/mol. The minimum absolute atomic E-state index is 0. The summed E-state index contributed by atoms with van der Waals surface area (Å²) in [6, 6.07) is 9.87. The van der Waals surface area contributed by atoms with Crippen molar-refractivity contribution in [2.45, 2.75) is 12.8 Å². The van der Waals surface area contributed by atoms with Crippen molar-refractivity contribution in [3.63, 3.8) is 0 Å². The number of benzene rings is 1. The quantitative estimate of drug-likeness (QED) is 0.305. The fourth-order valence-corrected chi connectivity index (χ4v) is 3.49. The molecule has 0 amide bonds. The summed E-state index contributed by atoms with van der Waals surface area (Å²) in [4.78, 5) is 23.8. The van der Waals surface area contributed by atoms with Gasteiger partial charge in [-0.3, -0.25) is 15.0 Å². The highest BCUT2D eigenvalue weighted by molar-refractivity contribution is 7.99. The number of ether oxygens (including phenoxy) is 1. The molecule has 5 nitrogen and oxygen atoms in total. The van der Waals surface area contributed by atoms with Gasteiger partial charge in [0.2, 0.25) is 0 Å². The second-order valence-electron chi connectivity index (χ2n) is 5.75. The number of nitrogens with one attached hydrogen (secondary N) is 1. The number of nitrogens with two attached hydrogens (primary N) is 1. The molecule has 0 aliphatic heterocycles. The van der Waals surface area contributed by atoms with Crippen LogP contribution in [0.5, 0.6) is 0 Å². The molecule has 1 aliphatic rings. The van der Waals surface area contributed by atoms with Gasteiger partial charge in [0.05, 0.1) is 19.3 Å². The molecule has 0 heterocycles. The Morgan fingerprint density at radius 3 is 2.54 bits per heavy atom. The molecule has 0 saturated heterocycles. The van der Waals surface area contributed by atoms with Crippen LogP contribution >= 0.6 is 24.2 Å². The lowest BCUT2D eigenvalue weighted by Crippen LogP contribution is -2.43. The van der Waals surface area contributed by atoms with Crippen molar-refractivity contribution in [3.8, 4) is 0 Å². The Bertz CT molecular complexity index is 719. The average molecular weight is 395 g/mol. The summed E-state index contributed by atoms with van der Waals surface area (Å²) in [5.74, 6) is 0.144. The van der Waals surface area contributed by atoms with E-state index < -0.39 is 5.41 Å². The van der Waals surface area contributed by atoms with E-state index in [1.165, 1.54) is 18.9 Å². The summed E-state index contributed by atoms with van der Waals surface area (Å²) in [6.07, 6.45) is 6.18. The molecule has 0 fully saturated rings. The maximum atomic E-state index is 12.7. The molecule has 7 heteroatoms. The van der Waals surface area contributed by atoms with E-state index in [0.29, 0.717) is 12.2 Å². The molecule has 1 aliphatic carbocycles. The highest BCUT2D eigenvalue weighted by Crippen LogP contribution is 2.35. The Morgan fingerprint density at radius 2 is 2.00 bits per heavy atom. The third kappa shape index (κ3) is 5.22. The van der Waals surface area contributed by atoms with Crippen LogP contribution in [0.15, 0.2) is 48.6 Å². The normalized spacial score (nSPS) is 18.4. The molecule has 140 valence electrons. The van der Waals surface area contributed by atoms with E-state index in [1.807, 2.05) is 42.5 Å². The topological polar surface area (TPSA) is 93.2 Å². The van der Waals surface area contributed by atoms with E-state index in [2.05, 4.69) is 4.74 Å². The molecule has 1 unspecified atom stereocenters. The lowest BCUT2D eigenvalue weighted by atomic mass is 9.75. The van der Waals surface area contributed by atoms with Gasteiger partial charge in [0.1, 0.15) is 11.3 Å². The summed E-state index contributed by atoms with van der Waals surface area (Å²) in [6.45, 7) is 0. The Labute approximate surface area is 164 Å². The number of ketones is 1. The SMILES string of the molecule is COC(=O)CCSCC(=O)C1(C(=N)N)C=CC(c2ccccc2)=CC1.Cl. The summed E-state index contributed by atoms with van der Waals surface area (Å²) in [5.41, 5.74) is 6.76. The summed E-state index contributed by atoms with van der Waals surface area (Å²) in [7, 11) is 1.34. The first-order valence-corrected chi connectivity index (χ1v) is 9.12. The number of carbonyl (C=O) groups is 2. The van der Waals surface area contributed by atoms with E-state index in [9.17, 15) is 9.59 Å². The molecule has 3 N–H and O–H groups in total.